The fraction of sp³-hybridized carbons (Fsp3) is 0.300. The van der Waals surface area contributed by atoms with E-state index in [1.165, 1.54) is 0 Å². The molecule has 0 saturated heterocycles. The van der Waals surface area contributed by atoms with Gasteiger partial charge in [-0.3, -0.25) is 19.4 Å². The molecule has 0 unspecified atom stereocenters. The Hall–Kier alpha value is -3.11. The van der Waals surface area contributed by atoms with Gasteiger partial charge in [0.15, 0.2) is 0 Å². The van der Waals surface area contributed by atoms with E-state index in [9.17, 15) is 13.2 Å². The van der Waals surface area contributed by atoms with Crippen molar-refractivity contribution in [2.75, 3.05) is 18.0 Å². The zero-order chi connectivity index (χ0) is 20.7. The highest BCUT2D eigenvalue weighted by Crippen LogP contribution is 2.38. The van der Waals surface area contributed by atoms with Crippen LogP contribution >= 0.6 is 0 Å². The maximum absolute atomic E-state index is 12.8. The van der Waals surface area contributed by atoms with Gasteiger partial charge in [0.05, 0.1) is 23.3 Å². The third kappa shape index (κ3) is 3.37. The number of benzene rings is 1. The Labute approximate surface area is 173 Å². The molecule has 2 aromatic heterocycles. The quantitative estimate of drug-likeness (QED) is 0.636. The Balaban J connectivity index is 1.28. The molecular formula is C20H20N6O3S. The van der Waals surface area contributed by atoms with Gasteiger partial charge in [0.1, 0.15) is 11.4 Å². The van der Waals surface area contributed by atoms with Crippen LogP contribution in [-0.2, 0) is 34.2 Å². The molecule has 3 aromatic rings. The second-order valence-electron chi connectivity index (χ2n) is 7.34. The summed E-state index contributed by atoms with van der Waals surface area (Å²) in [4.78, 5) is 22.3. The van der Waals surface area contributed by atoms with Gasteiger partial charge in [0, 0.05) is 38.1 Å². The van der Waals surface area contributed by atoms with Crippen molar-refractivity contribution in [1.82, 2.24) is 24.5 Å². The van der Waals surface area contributed by atoms with Crippen LogP contribution in [0.1, 0.15) is 17.5 Å². The van der Waals surface area contributed by atoms with E-state index in [2.05, 4.69) is 19.8 Å². The summed E-state index contributed by atoms with van der Waals surface area (Å²) in [6.07, 6.45) is 8.30. The van der Waals surface area contributed by atoms with Gasteiger partial charge in [-0.1, -0.05) is 0 Å². The van der Waals surface area contributed by atoms with Crippen LogP contribution in [-0.4, -0.2) is 47.2 Å². The first-order chi connectivity index (χ1) is 14.5. The van der Waals surface area contributed by atoms with Crippen LogP contribution in [0.5, 0.6) is 0 Å². The number of sulfonamides is 1. The van der Waals surface area contributed by atoms with E-state index in [0.717, 1.165) is 16.8 Å². The Kier molecular flexibility index (Phi) is 4.59. The first kappa shape index (κ1) is 18.9. The minimum atomic E-state index is -3.65. The maximum Gasteiger partial charge on any atom is 0.240 e. The predicted molar refractivity (Wildman–Crippen MR) is 109 cm³/mol. The number of hydrogen-bond donors (Lipinski definition) is 1. The normalized spacial score (nSPS) is 15.5. The third-order valence-electron chi connectivity index (χ3n) is 5.43. The Morgan fingerprint density at radius 1 is 1.07 bits per heavy atom. The smallest absolute Gasteiger partial charge is 0.240 e. The van der Waals surface area contributed by atoms with E-state index < -0.39 is 10.0 Å². The van der Waals surface area contributed by atoms with Crippen molar-refractivity contribution in [1.29, 1.82) is 0 Å². The highest BCUT2D eigenvalue weighted by Gasteiger charge is 2.32. The molecule has 2 aliphatic rings. The van der Waals surface area contributed by atoms with Crippen molar-refractivity contribution >= 4 is 21.6 Å². The fourth-order valence-electron chi connectivity index (χ4n) is 4.01. The number of carbonyl (C=O) groups excluding carboxylic acids is 1. The SMILES string of the molecule is O=C1CCc2cc(S(=O)(=O)NCCn3ccc(-c4cnccn4)n3)cc3c2N1CC3. The van der Waals surface area contributed by atoms with Gasteiger partial charge >= 0.3 is 0 Å². The van der Waals surface area contributed by atoms with Gasteiger partial charge in [-0.2, -0.15) is 5.10 Å². The summed E-state index contributed by atoms with van der Waals surface area (Å²) in [7, 11) is -3.65. The first-order valence-corrected chi connectivity index (χ1v) is 11.3. The van der Waals surface area contributed by atoms with Crippen molar-refractivity contribution < 1.29 is 13.2 Å². The Morgan fingerprint density at radius 2 is 1.90 bits per heavy atom. The summed E-state index contributed by atoms with van der Waals surface area (Å²) < 4.78 is 30.0. The molecule has 30 heavy (non-hydrogen) atoms. The number of carbonyl (C=O) groups is 1. The second kappa shape index (κ2) is 7.29. The third-order valence-corrected chi connectivity index (χ3v) is 6.88. The number of nitrogens with one attached hydrogen (secondary N) is 1. The van der Waals surface area contributed by atoms with Crippen molar-refractivity contribution in [3.05, 3.63) is 54.1 Å². The highest BCUT2D eigenvalue weighted by molar-refractivity contribution is 7.89. The standard InChI is InChI=1S/C20H20N6O3S/c27-19-2-1-14-11-16(12-15-3-9-26(19)20(14)15)30(28,29)23-7-10-25-8-4-17(24-25)18-13-21-5-6-22-18/h4-6,8,11-13,23H,1-3,7,9-10H2. The van der Waals surface area contributed by atoms with Gasteiger partial charge in [-0.05, 0) is 42.2 Å². The number of nitrogens with zero attached hydrogens (tertiary/aromatic N) is 5. The molecule has 0 saturated carbocycles. The van der Waals surface area contributed by atoms with Crippen LogP contribution < -0.4 is 9.62 Å². The van der Waals surface area contributed by atoms with Crippen LogP contribution in [0.15, 0.2) is 47.9 Å². The lowest BCUT2D eigenvalue weighted by Gasteiger charge is -2.25. The molecule has 2 aliphatic heterocycles. The van der Waals surface area contributed by atoms with E-state index >= 15 is 0 Å². The molecule has 0 fully saturated rings. The monoisotopic (exact) mass is 424 g/mol. The van der Waals surface area contributed by atoms with E-state index in [4.69, 9.17) is 0 Å². The molecule has 1 amide bonds. The van der Waals surface area contributed by atoms with Gasteiger partial charge in [0.2, 0.25) is 15.9 Å². The second-order valence-corrected chi connectivity index (χ2v) is 9.10. The lowest BCUT2D eigenvalue weighted by atomic mass is 10.00. The topological polar surface area (TPSA) is 110 Å². The van der Waals surface area contributed by atoms with E-state index in [1.807, 2.05) is 6.07 Å². The fourth-order valence-corrected chi connectivity index (χ4v) is 5.13. The molecule has 0 aliphatic carbocycles. The molecular weight excluding hydrogens is 404 g/mol. The molecule has 0 atom stereocenters. The average molecular weight is 424 g/mol. The average Bonchev–Trinajstić information content (AvgIpc) is 3.39. The van der Waals surface area contributed by atoms with Crippen molar-refractivity contribution in [2.45, 2.75) is 30.7 Å². The van der Waals surface area contributed by atoms with Gasteiger partial charge in [-0.25, -0.2) is 13.1 Å². The molecule has 9 nitrogen and oxygen atoms in total. The number of amides is 1. The van der Waals surface area contributed by atoms with Crippen LogP contribution in [0.25, 0.3) is 11.4 Å². The van der Waals surface area contributed by atoms with Crippen LogP contribution in [0.4, 0.5) is 5.69 Å². The van der Waals surface area contributed by atoms with E-state index in [0.29, 0.717) is 43.7 Å². The molecule has 154 valence electrons. The van der Waals surface area contributed by atoms with Crippen LogP contribution in [0.3, 0.4) is 0 Å². The zero-order valence-corrected chi connectivity index (χ0v) is 17.0. The molecule has 0 bridgehead atoms. The summed E-state index contributed by atoms with van der Waals surface area (Å²) in [5.41, 5.74) is 4.13. The van der Waals surface area contributed by atoms with Crippen molar-refractivity contribution in [2.24, 2.45) is 0 Å². The number of hydrogen-bond acceptors (Lipinski definition) is 6. The minimum absolute atomic E-state index is 0.120. The lowest BCUT2D eigenvalue weighted by Crippen LogP contribution is -2.33. The van der Waals surface area contributed by atoms with Crippen LogP contribution in [0, 0.1) is 0 Å². The highest BCUT2D eigenvalue weighted by atomic mass is 32.2. The molecule has 1 aromatic carbocycles. The van der Waals surface area contributed by atoms with Crippen molar-refractivity contribution in [3.8, 4) is 11.4 Å². The first-order valence-electron chi connectivity index (χ1n) is 9.77. The number of aromatic nitrogens is 4. The molecule has 5 rings (SSSR count). The summed E-state index contributed by atoms with van der Waals surface area (Å²) in [6, 6.07) is 5.21. The number of rotatable bonds is 6. The van der Waals surface area contributed by atoms with E-state index in [-0.39, 0.29) is 17.3 Å². The summed E-state index contributed by atoms with van der Waals surface area (Å²) >= 11 is 0. The predicted octanol–water partition coefficient (Wildman–Crippen LogP) is 1.15. The van der Waals surface area contributed by atoms with Gasteiger partial charge in [-0.15, -0.1) is 0 Å². The minimum Gasteiger partial charge on any atom is -0.312 e. The number of anilines is 1. The molecule has 0 radical (unpaired) electrons. The summed E-state index contributed by atoms with van der Waals surface area (Å²) in [5.74, 6) is 0.120. The molecule has 0 spiro atoms. The largest absolute Gasteiger partial charge is 0.312 e. The van der Waals surface area contributed by atoms with Gasteiger partial charge in [0.25, 0.3) is 0 Å². The molecule has 1 N–H and O–H groups in total. The lowest BCUT2D eigenvalue weighted by molar-refractivity contribution is -0.118. The van der Waals surface area contributed by atoms with Crippen molar-refractivity contribution in [3.63, 3.8) is 0 Å². The summed E-state index contributed by atoms with van der Waals surface area (Å²) in [5, 5.41) is 4.41. The Morgan fingerprint density at radius 3 is 2.70 bits per heavy atom. The summed E-state index contributed by atoms with van der Waals surface area (Å²) in [6.45, 7) is 1.23. The zero-order valence-electron chi connectivity index (χ0n) is 16.2. The van der Waals surface area contributed by atoms with E-state index in [1.54, 1.807) is 46.5 Å². The van der Waals surface area contributed by atoms with Crippen LogP contribution in [0.2, 0.25) is 0 Å². The number of aryl methyl sites for hydroxylation is 1. The Bertz CT molecular complexity index is 1220. The molecule has 4 heterocycles. The maximum atomic E-state index is 12.8. The molecule has 10 heteroatoms. The van der Waals surface area contributed by atoms with Gasteiger partial charge < -0.3 is 4.90 Å².